The van der Waals surface area contributed by atoms with Crippen molar-refractivity contribution in [2.45, 2.75) is 13.3 Å². The number of aromatic nitrogens is 1. The fourth-order valence-corrected chi connectivity index (χ4v) is 1.71. The molecule has 0 unspecified atom stereocenters. The van der Waals surface area contributed by atoms with Crippen LogP contribution in [0.15, 0.2) is 53.9 Å². The molecule has 2 N–H and O–H groups in total. The summed E-state index contributed by atoms with van der Waals surface area (Å²) >= 11 is 0. The van der Waals surface area contributed by atoms with E-state index in [-0.39, 0.29) is 11.4 Å². The van der Waals surface area contributed by atoms with E-state index in [1.807, 2.05) is 0 Å². The van der Waals surface area contributed by atoms with E-state index in [0.717, 1.165) is 12.1 Å². The number of carbonyl (C=O) groups is 2. The largest absolute Gasteiger partial charge is 0.573 e. The van der Waals surface area contributed by atoms with E-state index >= 15 is 0 Å². The van der Waals surface area contributed by atoms with Gasteiger partial charge in [-0.1, -0.05) is 0 Å². The molecule has 1 aromatic heterocycles. The molecule has 0 atom stereocenters. The maximum Gasteiger partial charge on any atom is 0.573 e. The minimum absolute atomic E-state index is 0.0528. The van der Waals surface area contributed by atoms with Crippen molar-refractivity contribution in [1.29, 1.82) is 0 Å². The summed E-state index contributed by atoms with van der Waals surface area (Å²) in [6, 6.07) is 7.54. The second-order valence-electron chi connectivity index (χ2n) is 4.90. The second-order valence-corrected chi connectivity index (χ2v) is 4.90. The van der Waals surface area contributed by atoms with Crippen LogP contribution in [-0.4, -0.2) is 28.9 Å². The molecule has 0 saturated heterocycles. The summed E-state index contributed by atoms with van der Waals surface area (Å²) in [6.07, 6.45) is -1.92. The maximum atomic E-state index is 12.1. The lowest BCUT2D eigenvalue weighted by molar-refractivity contribution is -0.274. The van der Waals surface area contributed by atoms with Crippen LogP contribution in [0, 0.1) is 0 Å². The molecular formula is C16H13F3N4O3. The van der Waals surface area contributed by atoms with E-state index in [1.165, 1.54) is 43.6 Å². The van der Waals surface area contributed by atoms with Crippen LogP contribution in [0.25, 0.3) is 0 Å². The van der Waals surface area contributed by atoms with Gasteiger partial charge >= 0.3 is 6.36 Å². The Balaban J connectivity index is 1.93. The van der Waals surface area contributed by atoms with E-state index in [1.54, 1.807) is 0 Å². The van der Waals surface area contributed by atoms with E-state index in [2.05, 4.69) is 25.6 Å². The predicted molar refractivity (Wildman–Crippen MR) is 86.6 cm³/mol. The van der Waals surface area contributed by atoms with Gasteiger partial charge in [0.2, 0.25) is 0 Å². The molecule has 2 amide bonds. The van der Waals surface area contributed by atoms with Crippen LogP contribution < -0.4 is 15.5 Å². The van der Waals surface area contributed by atoms with Crippen LogP contribution in [-0.2, 0) is 4.79 Å². The monoisotopic (exact) mass is 366 g/mol. The molecule has 7 nitrogen and oxygen atoms in total. The average Bonchev–Trinajstić information content (AvgIpc) is 2.60. The number of hydrazone groups is 1. The Morgan fingerprint density at radius 3 is 2.27 bits per heavy atom. The molecule has 0 fully saturated rings. The first-order chi connectivity index (χ1) is 12.2. The van der Waals surface area contributed by atoms with Gasteiger partial charge in [-0.15, -0.1) is 13.2 Å². The van der Waals surface area contributed by atoms with E-state index in [0.29, 0.717) is 5.56 Å². The molecule has 0 radical (unpaired) electrons. The molecule has 26 heavy (non-hydrogen) atoms. The molecular weight excluding hydrogens is 353 g/mol. The quantitative estimate of drug-likeness (QED) is 0.629. The number of rotatable bonds is 5. The molecule has 10 heteroatoms. The summed E-state index contributed by atoms with van der Waals surface area (Å²) in [5.41, 5.74) is 2.72. The van der Waals surface area contributed by atoms with Crippen molar-refractivity contribution in [2.24, 2.45) is 5.10 Å². The number of hydrogen-bond acceptors (Lipinski definition) is 5. The topological polar surface area (TPSA) is 92.7 Å². The highest BCUT2D eigenvalue weighted by atomic mass is 19.4. The Hall–Kier alpha value is -3.43. The third kappa shape index (κ3) is 5.89. The second kappa shape index (κ2) is 8.10. The van der Waals surface area contributed by atoms with E-state index < -0.39 is 23.9 Å². The number of amides is 2. The Labute approximate surface area is 145 Å². The van der Waals surface area contributed by atoms with Gasteiger partial charge in [0.25, 0.3) is 11.8 Å². The number of hydrogen-bond donors (Lipinski definition) is 2. The van der Waals surface area contributed by atoms with Crippen molar-refractivity contribution in [1.82, 2.24) is 10.4 Å². The summed E-state index contributed by atoms with van der Waals surface area (Å²) in [7, 11) is 0. The van der Waals surface area contributed by atoms with Crippen molar-refractivity contribution in [2.75, 3.05) is 5.32 Å². The number of halogens is 3. The molecule has 0 aliphatic rings. The summed E-state index contributed by atoms with van der Waals surface area (Å²) in [5.74, 6) is -1.57. The number of alkyl halides is 3. The number of carbonyl (C=O) groups excluding carboxylic acids is 2. The average molecular weight is 366 g/mol. The summed E-state index contributed by atoms with van der Waals surface area (Å²) in [4.78, 5) is 27.5. The highest BCUT2D eigenvalue weighted by molar-refractivity contribution is 6.42. The van der Waals surface area contributed by atoms with E-state index in [9.17, 15) is 22.8 Å². The van der Waals surface area contributed by atoms with Crippen molar-refractivity contribution in [3.05, 3.63) is 54.4 Å². The van der Waals surface area contributed by atoms with Crippen LogP contribution in [0.3, 0.4) is 0 Å². The van der Waals surface area contributed by atoms with Gasteiger partial charge < -0.3 is 10.1 Å². The smallest absolute Gasteiger partial charge is 0.406 e. The summed E-state index contributed by atoms with van der Waals surface area (Å²) in [6.45, 7) is 1.36. The van der Waals surface area contributed by atoms with Gasteiger partial charge in [0.05, 0.1) is 0 Å². The fourth-order valence-electron chi connectivity index (χ4n) is 1.71. The normalized spacial score (nSPS) is 11.6. The first-order valence-electron chi connectivity index (χ1n) is 7.16. The molecule has 2 aromatic rings. The minimum atomic E-state index is -4.79. The Morgan fingerprint density at radius 2 is 1.69 bits per heavy atom. The third-order valence-corrected chi connectivity index (χ3v) is 2.94. The molecule has 0 bridgehead atoms. The molecule has 136 valence electrons. The molecule has 1 aromatic carbocycles. The Morgan fingerprint density at radius 1 is 1.08 bits per heavy atom. The lowest BCUT2D eigenvalue weighted by Crippen LogP contribution is -2.25. The van der Waals surface area contributed by atoms with Gasteiger partial charge in [-0.05, 0) is 43.3 Å². The zero-order valence-corrected chi connectivity index (χ0v) is 13.4. The highest BCUT2D eigenvalue weighted by Crippen LogP contribution is 2.23. The molecule has 0 aliphatic heterocycles. The molecule has 2 rings (SSSR count). The summed E-state index contributed by atoms with van der Waals surface area (Å²) in [5, 5.41) is 6.10. The number of ether oxygens (including phenoxy) is 1. The van der Waals surface area contributed by atoms with Crippen molar-refractivity contribution < 1.29 is 27.5 Å². The number of nitrogens with zero attached hydrogens (tertiary/aromatic N) is 2. The fraction of sp³-hybridized carbons (Fsp3) is 0.125. The minimum Gasteiger partial charge on any atom is -0.406 e. The van der Waals surface area contributed by atoms with Gasteiger partial charge in [0.15, 0.2) is 0 Å². The molecule has 0 aliphatic carbocycles. The molecule has 0 spiro atoms. The van der Waals surface area contributed by atoms with Crippen LogP contribution in [0.4, 0.5) is 18.9 Å². The lowest BCUT2D eigenvalue weighted by Gasteiger charge is -2.10. The number of benzene rings is 1. The predicted octanol–water partition coefficient (Wildman–Crippen LogP) is 2.72. The Bertz CT molecular complexity index is 806. The van der Waals surface area contributed by atoms with Gasteiger partial charge in [0, 0.05) is 23.6 Å². The van der Waals surface area contributed by atoms with Gasteiger partial charge in [-0.3, -0.25) is 14.6 Å². The van der Waals surface area contributed by atoms with Crippen molar-refractivity contribution >= 4 is 23.2 Å². The van der Waals surface area contributed by atoms with Gasteiger partial charge in [-0.25, -0.2) is 5.43 Å². The summed E-state index contributed by atoms with van der Waals surface area (Å²) < 4.78 is 40.0. The molecule has 1 heterocycles. The van der Waals surface area contributed by atoms with Crippen LogP contribution in [0.1, 0.15) is 17.3 Å². The van der Waals surface area contributed by atoms with Crippen LogP contribution in [0.5, 0.6) is 5.75 Å². The number of nitrogens with one attached hydrogen (secondary N) is 2. The van der Waals surface area contributed by atoms with E-state index in [4.69, 9.17) is 0 Å². The van der Waals surface area contributed by atoms with Crippen LogP contribution in [0.2, 0.25) is 0 Å². The maximum absolute atomic E-state index is 12.1. The SMILES string of the molecule is C/C(=N\NC(=O)c1ccncc1)C(=O)Nc1ccc(OC(F)(F)F)cc1. The van der Waals surface area contributed by atoms with Gasteiger partial charge in [-0.2, -0.15) is 5.10 Å². The number of pyridine rings is 1. The van der Waals surface area contributed by atoms with Crippen molar-refractivity contribution in [3.8, 4) is 5.75 Å². The Kier molecular flexibility index (Phi) is 5.89. The first-order valence-corrected chi connectivity index (χ1v) is 7.16. The standard InChI is InChI=1S/C16H13F3N4O3/c1-10(22-23-15(25)11-6-8-20-9-7-11)14(24)21-12-2-4-13(5-3-12)26-16(17,18)19/h2-9H,1H3,(H,21,24)(H,23,25)/b22-10+. The van der Waals surface area contributed by atoms with Crippen LogP contribution >= 0.6 is 0 Å². The zero-order valence-electron chi connectivity index (χ0n) is 13.4. The molecule has 0 saturated carbocycles. The third-order valence-electron chi connectivity index (χ3n) is 2.94. The zero-order chi connectivity index (χ0) is 19.2. The van der Waals surface area contributed by atoms with Crippen molar-refractivity contribution in [3.63, 3.8) is 0 Å². The van der Waals surface area contributed by atoms with Gasteiger partial charge in [0.1, 0.15) is 11.5 Å². The highest BCUT2D eigenvalue weighted by Gasteiger charge is 2.30. The first kappa shape index (κ1) is 18.9. The number of anilines is 1. The lowest BCUT2D eigenvalue weighted by atomic mass is 10.2.